The molecule has 0 saturated carbocycles. The molecule has 0 aromatic rings. The van der Waals surface area contributed by atoms with Crippen molar-refractivity contribution >= 4 is 183 Å². The summed E-state index contributed by atoms with van der Waals surface area (Å²) in [7, 11) is 0. The molecule has 0 spiro atoms. The Morgan fingerprint density at radius 2 is 0.167 bits per heavy atom. The maximum atomic E-state index is 0. The predicted molar refractivity (Wildman–Crippen MR) is 86.8 cm³/mol. The van der Waals surface area contributed by atoms with Crippen LogP contribution in [0.3, 0.4) is 0 Å². The fraction of sp³-hybridized carbons (Fsp3) is 0. The van der Waals surface area contributed by atoms with Crippen molar-refractivity contribution < 1.29 is 0 Å². The summed E-state index contributed by atoms with van der Waals surface area (Å²) in [6, 6.07) is 0. The summed E-state index contributed by atoms with van der Waals surface area (Å²) >= 11 is 0. The van der Waals surface area contributed by atoms with Crippen LogP contribution >= 0.6 is 124 Å². The van der Waals surface area contributed by atoms with Crippen LogP contribution in [0.15, 0.2) is 0 Å². The third kappa shape index (κ3) is 120. The van der Waals surface area contributed by atoms with Gasteiger partial charge in [-0.05, 0) is 0 Å². The second kappa shape index (κ2) is 147. The van der Waals surface area contributed by atoms with Crippen LogP contribution in [0.1, 0.15) is 0 Å². The molecule has 0 N–H and O–H groups in total. The van der Waals surface area contributed by atoms with Crippen molar-refractivity contribution in [1.82, 2.24) is 0 Å². The molecule has 84 valence electrons. The van der Waals surface area contributed by atoms with Gasteiger partial charge in [0, 0.05) is 0 Å². The summed E-state index contributed by atoms with van der Waals surface area (Å²) in [4.78, 5) is 0. The van der Waals surface area contributed by atoms with E-state index < -0.39 is 0 Å². The van der Waals surface area contributed by atoms with Crippen molar-refractivity contribution in [3.8, 4) is 0 Å². The van der Waals surface area contributed by atoms with Crippen LogP contribution in [0.25, 0.3) is 0 Å². The van der Waals surface area contributed by atoms with E-state index in [9.17, 15) is 0 Å². The summed E-state index contributed by atoms with van der Waals surface area (Å²) < 4.78 is 0. The van der Waals surface area contributed by atoms with Gasteiger partial charge in [-0.15, -0.1) is 124 Å². The van der Waals surface area contributed by atoms with Crippen LogP contribution in [0.2, 0.25) is 0 Å². The second-order valence-electron chi connectivity index (χ2n) is 0. The Kier molecular flexibility index (Phi) is 2180. The number of hydrogen-bond acceptors (Lipinski definition) is 0. The van der Waals surface area contributed by atoms with Crippen LogP contribution in [0, 0.1) is 0 Å². The average molecular weight is 413 g/mol. The zero-order chi connectivity index (χ0) is 0. The monoisotopic (exact) mass is 408 g/mol. The molecule has 0 aromatic heterocycles. The van der Waals surface area contributed by atoms with Gasteiger partial charge in [0.25, 0.3) is 0 Å². The number of rotatable bonds is 0. The zero-order valence-electron chi connectivity index (χ0n) is 4.08. The van der Waals surface area contributed by atoms with Crippen LogP contribution in [-0.2, 0) is 0 Å². The van der Waals surface area contributed by atoms with Crippen molar-refractivity contribution in [2.75, 3.05) is 0 Å². The summed E-state index contributed by atoms with van der Waals surface area (Å²) in [5, 5.41) is 0. The fourth-order valence-electron chi connectivity index (χ4n) is 0. The zero-order valence-corrected chi connectivity index (χ0v) is 12.2. The Morgan fingerprint density at radius 3 is 0.167 bits per heavy atom. The molecule has 0 atom stereocenters. The minimum absolute atomic E-state index is 0. The first kappa shape index (κ1) is 178. The Morgan fingerprint density at radius 1 is 0.167 bits per heavy atom. The molecule has 0 aromatic carbocycles. The van der Waals surface area contributed by atoms with E-state index in [1.807, 2.05) is 0 Å². The van der Waals surface area contributed by atoms with Crippen molar-refractivity contribution in [3.63, 3.8) is 0 Å². The second-order valence-corrected chi connectivity index (χ2v) is 0. The topological polar surface area (TPSA) is 0 Å². The third-order valence-corrected chi connectivity index (χ3v) is 0. The predicted octanol–water partition coefficient (Wildman–Crippen LogP) is 2.92. The van der Waals surface area contributed by atoms with E-state index in [0.29, 0.717) is 0 Å². The van der Waals surface area contributed by atoms with E-state index >= 15 is 0 Å². The first-order chi connectivity index (χ1) is 0. The molecule has 0 aliphatic heterocycles. The van der Waals surface area contributed by atoms with Gasteiger partial charge in [-0.1, -0.05) is 0 Å². The van der Waals surface area contributed by atoms with E-state index in [4.69, 9.17) is 0 Å². The normalized spacial score (nSPS) is 0. The molecule has 0 aliphatic carbocycles. The molecule has 0 heterocycles. The van der Waals surface area contributed by atoms with Crippen molar-refractivity contribution in [2.45, 2.75) is 0 Å². The molecule has 0 fully saturated rings. The van der Waals surface area contributed by atoms with Crippen LogP contribution in [-0.4, -0.2) is 59.1 Å². The van der Waals surface area contributed by atoms with Gasteiger partial charge in [-0.3, -0.25) is 0 Å². The van der Waals surface area contributed by atoms with Gasteiger partial charge in [-0.2, -0.15) is 0 Å². The standard InChI is InChI=1S/10ClH.2Na.2H/h10*1H;;;;. The molecule has 0 nitrogen and oxygen atoms in total. The average Bonchev–Trinajstić information content (AvgIpc) is 0. The van der Waals surface area contributed by atoms with Gasteiger partial charge >= 0.3 is 59.1 Å². The SMILES string of the molecule is Cl.Cl.Cl.Cl.Cl.Cl.Cl.Cl.Cl.Cl.[NaH].[NaH]. The van der Waals surface area contributed by atoms with Crippen molar-refractivity contribution in [1.29, 1.82) is 0 Å². The molecule has 0 unspecified atom stereocenters. The number of halogens is 10. The molecule has 12 heteroatoms. The van der Waals surface area contributed by atoms with Gasteiger partial charge in [-0.25, -0.2) is 0 Å². The van der Waals surface area contributed by atoms with E-state index in [-0.39, 0.29) is 183 Å². The Labute approximate surface area is 180 Å². The van der Waals surface area contributed by atoms with Crippen molar-refractivity contribution in [3.05, 3.63) is 0 Å². The molecule has 0 bridgehead atoms. The molecule has 0 saturated heterocycles. The Hall–Kier alpha value is 4.90. The summed E-state index contributed by atoms with van der Waals surface area (Å²) in [5.74, 6) is 0. The molecule has 0 aliphatic rings. The molecule has 12 heavy (non-hydrogen) atoms. The van der Waals surface area contributed by atoms with Crippen LogP contribution in [0.5, 0.6) is 0 Å². The quantitative estimate of drug-likeness (QED) is 0.537. The first-order valence-corrected chi connectivity index (χ1v) is 0. The summed E-state index contributed by atoms with van der Waals surface area (Å²) in [6.45, 7) is 0. The van der Waals surface area contributed by atoms with Crippen molar-refractivity contribution in [2.24, 2.45) is 0 Å². The molecular formula is H12Cl10Na2. The first-order valence-electron chi connectivity index (χ1n) is 0. The van der Waals surface area contributed by atoms with Crippen LogP contribution in [0.4, 0.5) is 0 Å². The molecular weight excluding hydrogens is 401 g/mol. The van der Waals surface area contributed by atoms with Gasteiger partial charge < -0.3 is 0 Å². The van der Waals surface area contributed by atoms with Gasteiger partial charge in [0.15, 0.2) is 0 Å². The van der Waals surface area contributed by atoms with Crippen LogP contribution < -0.4 is 0 Å². The number of hydrogen-bond donors (Lipinski definition) is 0. The summed E-state index contributed by atoms with van der Waals surface area (Å²) in [6.07, 6.45) is 0. The molecule has 0 amide bonds. The Bertz CT molecular complexity index is 7.80. The van der Waals surface area contributed by atoms with Gasteiger partial charge in [0.1, 0.15) is 0 Å². The summed E-state index contributed by atoms with van der Waals surface area (Å²) in [5.41, 5.74) is 0. The minimum atomic E-state index is 0. The van der Waals surface area contributed by atoms with E-state index in [0.717, 1.165) is 0 Å². The van der Waals surface area contributed by atoms with E-state index in [1.54, 1.807) is 0 Å². The molecule has 0 radical (unpaired) electrons. The van der Waals surface area contributed by atoms with E-state index in [1.165, 1.54) is 0 Å². The third-order valence-electron chi connectivity index (χ3n) is 0. The fourth-order valence-corrected chi connectivity index (χ4v) is 0. The van der Waals surface area contributed by atoms with E-state index in [2.05, 4.69) is 0 Å². The molecule has 0 rings (SSSR count). The van der Waals surface area contributed by atoms with Gasteiger partial charge in [0.05, 0.1) is 0 Å². The Balaban J connectivity index is 0. The van der Waals surface area contributed by atoms with Gasteiger partial charge in [0.2, 0.25) is 0 Å². The maximum absolute atomic E-state index is 0.